The van der Waals surface area contributed by atoms with Gasteiger partial charge in [-0.15, -0.1) is 0 Å². The molecule has 0 heterocycles. The summed E-state index contributed by atoms with van der Waals surface area (Å²) in [7, 11) is 0. The molecule has 2 N–H and O–H groups in total. The molecule has 21 heavy (non-hydrogen) atoms. The molecule has 4 aliphatic rings. The molecule has 4 bridgehead atoms. The molecule has 0 atom stereocenters. The maximum absolute atomic E-state index is 12.6. The Kier molecular flexibility index (Phi) is 3.16. The number of phenolic OH excluding ortho intramolecular Hbond substituents is 1. The van der Waals surface area contributed by atoms with Crippen LogP contribution in [0.15, 0.2) is 24.3 Å². The van der Waals surface area contributed by atoms with Crippen LogP contribution in [0, 0.1) is 29.6 Å². The van der Waals surface area contributed by atoms with Gasteiger partial charge in [0, 0.05) is 12.5 Å². The van der Waals surface area contributed by atoms with Gasteiger partial charge in [-0.25, -0.2) is 0 Å². The number of hydrogen-bond donors (Lipinski definition) is 2. The molecule has 3 nitrogen and oxygen atoms in total. The molecule has 3 heteroatoms. The van der Waals surface area contributed by atoms with E-state index < -0.39 is 0 Å². The number of amides is 1. The average molecular weight is 285 g/mol. The van der Waals surface area contributed by atoms with E-state index in [9.17, 15) is 9.90 Å². The third kappa shape index (κ3) is 2.43. The van der Waals surface area contributed by atoms with E-state index in [4.69, 9.17) is 0 Å². The lowest BCUT2D eigenvalue weighted by atomic mass is 9.51. The first-order chi connectivity index (χ1) is 10.2. The van der Waals surface area contributed by atoms with Crippen LogP contribution in [-0.4, -0.2) is 11.0 Å². The summed E-state index contributed by atoms with van der Waals surface area (Å²) < 4.78 is 0. The van der Waals surface area contributed by atoms with E-state index in [1.54, 1.807) is 12.1 Å². The third-order valence-corrected chi connectivity index (χ3v) is 5.93. The predicted octanol–water partition coefficient (Wildman–Crippen LogP) is 3.08. The Balaban J connectivity index is 1.40. The zero-order chi connectivity index (χ0) is 14.4. The van der Waals surface area contributed by atoms with Crippen molar-refractivity contribution in [3.8, 4) is 5.75 Å². The monoisotopic (exact) mass is 285 g/mol. The minimum Gasteiger partial charge on any atom is -0.508 e. The fourth-order valence-electron chi connectivity index (χ4n) is 5.27. The van der Waals surface area contributed by atoms with Gasteiger partial charge in [-0.1, -0.05) is 12.1 Å². The first-order valence-corrected chi connectivity index (χ1v) is 8.24. The smallest absolute Gasteiger partial charge is 0.223 e. The molecule has 0 radical (unpaired) electrons. The summed E-state index contributed by atoms with van der Waals surface area (Å²) in [4.78, 5) is 12.6. The van der Waals surface area contributed by atoms with Gasteiger partial charge in [-0.3, -0.25) is 4.79 Å². The largest absolute Gasteiger partial charge is 0.508 e. The van der Waals surface area contributed by atoms with E-state index in [2.05, 4.69) is 5.32 Å². The fraction of sp³-hybridized carbons (Fsp3) is 0.611. The van der Waals surface area contributed by atoms with E-state index in [-0.39, 0.29) is 17.6 Å². The van der Waals surface area contributed by atoms with Crippen molar-refractivity contribution in [2.45, 2.75) is 38.6 Å². The Morgan fingerprint density at radius 2 is 1.57 bits per heavy atom. The number of rotatable bonds is 3. The van der Waals surface area contributed by atoms with E-state index >= 15 is 0 Å². The highest BCUT2D eigenvalue weighted by molar-refractivity contribution is 5.79. The SMILES string of the molecule is O=C(NCc1ccc(O)cc1)C1C2CC3CC(C2)CC1C3. The standard InChI is InChI=1S/C18H23NO2/c20-16-3-1-11(2-4-16)10-19-18(21)17-14-6-12-5-13(8-14)9-15(17)7-12/h1-4,12-15,17,20H,5-10H2,(H,19,21). The Labute approximate surface area is 125 Å². The molecule has 0 unspecified atom stereocenters. The van der Waals surface area contributed by atoms with Crippen molar-refractivity contribution in [1.82, 2.24) is 5.32 Å². The molecule has 1 aromatic carbocycles. The molecule has 1 aromatic rings. The zero-order valence-electron chi connectivity index (χ0n) is 12.3. The summed E-state index contributed by atoms with van der Waals surface area (Å²) >= 11 is 0. The summed E-state index contributed by atoms with van der Waals surface area (Å²) in [5.74, 6) is 3.89. The molecule has 4 fully saturated rings. The summed E-state index contributed by atoms with van der Waals surface area (Å²) in [6.07, 6.45) is 6.55. The van der Waals surface area contributed by atoms with Crippen LogP contribution < -0.4 is 5.32 Å². The van der Waals surface area contributed by atoms with Gasteiger partial charge in [0.25, 0.3) is 0 Å². The molecule has 0 aromatic heterocycles. The van der Waals surface area contributed by atoms with Gasteiger partial charge >= 0.3 is 0 Å². The lowest BCUT2D eigenvalue weighted by molar-refractivity contribution is -0.138. The molecule has 4 saturated carbocycles. The second kappa shape index (κ2) is 5.04. The summed E-state index contributed by atoms with van der Waals surface area (Å²) in [6, 6.07) is 7.08. The van der Waals surface area contributed by atoms with Crippen LogP contribution in [0.1, 0.15) is 37.7 Å². The normalized spacial score (nSPS) is 36.7. The minimum absolute atomic E-state index is 0.259. The van der Waals surface area contributed by atoms with Gasteiger partial charge in [0.2, 0.25) is 5.91 Å². The van der Waals surface area contributed by atoms with Crippen molar-refractivity contribution in [3.05, 3.63) is 29.8 Å². The van der Waals surface area contributed by atoms with Crippen LogP contribution in [0.4, 0.5) is 0 Å². The summed E-state index contributed by atoms with van der Waals surface area (Å²) in [5.41, 5.74) is 1.05. The van der Waals surface area contributed by atoms with Crippen LogP contribution in [-0.2, 0) is 11.3 Å². The first-order valence-electron chi connectivity index (χ1n) is 8.24. The Morgan fingerprint density at radius 3 is 2.14 bits per heavy atom. The van der Waals surface area contributed by atoms with Crippen molar-refractivity contribution < 1.29 is 9.90 Å². The number of carbonyl (C=O) groups excluding carboxylic acids is 1. The highest BCUT2D eigenvalue weighted by Crippen LogP contribution is 2.56. The number of carbonyl (C=O) groups is 1. The lowest BCUT2D eigenvalue weighted by Crippen LogP contribution is -2.50. The van der Waals surface area contributed by atoms with Crippen molar-refractivity contribution in [3.63, 3.8) is 0 Å². The third-order valence-electron chi connectivity index (χ3n) is 5.93. The number of nitrogens with one attached hydrogen (secondary N) is 1. The van der Waals surface area contributed by atoms with Crippen molar-refractivity contribution in [2.75, 3.05) is 0 Å². The molecule has 0 spiro atoms. The van der Waals surface area contributed by atoms with Crippen LogP contribution in [0.5, 0.6) is 5.75 Å². The summed E-state index contributed by atoms with van der Waals surface area (Å²) in [6.45, 7) is 0.571. The van der Waals surface area contributed by atoms with Crippen LogP contribution >= 0.6 is 0 Å². The molecular formula is C18H23NO2. The summed E-state index contributed by atoms with van der Waals surface area (Å²) in [5, 5.41) is 12.4. The highest BCUT2D eigenvalue weighted by atomic mass is 16.3. The molecule has 0 saturated heterocycles. The second-order valence-electron chi connectivity index (χ2n) is 7.34. The van der Waals surface area contributed by atoms with Gasteiger partial charge < -0.3 is 10.4 Å². The maximum Gasteiger partial charge on any atom is 0.223 e. The molecule has 4 aliphatic carbocycles. The molecule has 5 rings (SSSR count). The first kappa shape index (κ1) is 13.2. The average Bonchev–Trinajstić information content (AvgIpc) is 2.45. The van der Waals surface area contributed by atoms with Crippen molar-refractivity contribution >= 4 is 5.91 Å². The van der Waals surface area contributed by atoms with E-state index in [1.165, 1.54) is 32.1 Å². The Morgan fingerprint density at radius 1 is 1.00 bits per heavy atom. The molecule has 1 amide bonds. The molecule has 112 valence electrons. The van der Waals surface area contributed by atoms with E-state index in [0.717, 1.165) is 17.4 Å². The fourth-order valence-corrected chi connectivity index (χ4v) is 5.27. The number of aromatic hydroxyl groups is 1. The maximum atomic E-state index is 12.6. The van der Waals surface area contributed by atoms with Crippen molar-refractivity contribution in [1.29, 1.82) is 0 Å². The predicted molar refractivity (Wildman–Crippen MR) is 80.5 cm³/mol. The second-order valence-corrected chi connectivity index (χ2v) is 7.34. The topological polar surface area (TPSA) is 49.3 Å². The minimum atomic E-state index is 0.259. The van der Waals surface area contributed by atoms with Gasteiger partial charge in [-0.05, 0) is 73.5 Å². The van der Waals surface area contributed by atoms with E-state index in [0.29, 0.717) is 18.4 Å². The van der Waals surface area contributed by atoms with Gasteiger partial charge in [0.15, 0.2) is 0 Å². The number of hydrogen-bond acceptors (Lipinski definition) is 2. The van der Waals surface area contributed by atoms with Crippen LogP contribution in [0.3, 0.4) is 0 Å². The quantitative estimate of drug-likeness (QED) is 0.896. The van der Waals surface area contributed by atoms with Crippen LogP contribution in [0.25, 0.3) is 0 Å². The van der Waals surface area contributed by atoms with Crippen LogP contribution in [0.2, 0.25) is 0 Å². The van der Waals surface area contributed by atoms with Gasteiger partial charge in [0.05, 0.1) is 0 Å². The lowest BCUT2D eigenvalue weighted by Gasteiger charge is -2.53. The van der Waals surface area contributed by atoms with E-state index in [1.807, 2.05) is 12.1 Å². The highest BCUT2D eigenvalue weighted by Gasteiger charge is 2.50. The number of phenols is 1. The van der Waals surface area contributed by atoms with Gasteiger partial charge in [-0.2, -0.15) is 0 Å². The van der Waals surface area contributed by atoms with Gasteiger partial charge in [0.1, 0.15) is 5.75 Å². The van der Waals surface area contributed by atoms with Crippen molar-refractivity contribution in [2.24, 2.45) is 29.6 Å². The Hall–Kier alpha value is -1.51. The zero-order valence-corrected chi connectivity index (χ0v) is 12.3. The number of benzene rings is 1. The molecule has 0 aliphatic heterocycles. The Bertz CT molecular complexity index is 509. The molecular weight excluding hydrogens is 262 g/mol.